The van der Waals surface area contributed by atoms with Crippen LogP contribution in [0, 0.1) is 5.92 Å². The van der Waals surface area contributed by atoms with Crippen molar-refractivity contribution in [2.24, 2.45) is 5.92 Å². The molecule has 1 saturated carbocycles. The molecule has 1 N–H and O–H groups in total. The Morgan fingerprint density at radius 3 is 2.75 bits per heavy atom. The number of hydrogen-bond acceptors (Lipinski definition) is 2. The van der Waals surface area contributed by atoms with Crippen LogP contribution in [0.25, 0.3) is 0 Å². The monoisotopic (exact) mass is 227 g/mol. The van der Waals surface area contributed by atoms with Crippen LogP contribution in [-0.4, -0.2) is 25.8 Å². The average Bonchev–Trinajstić information content (AvgIpc) is 2.30. The quantitative estimate of drug-likeness (QED) is 0.720. The third-order valence-electron chi connectivity index (χ3n) is 3.74. The van der Waals surface area contributed by atoms with Crippen LogP contribution in [-0.2, 0) is 4.74 Å². The fourth-order valence-corrected chi connectivity index (χ4v) is 2.78. The average molecular weight is 227 g/mol. The van der Waals surface area contributed by atoms with Crippen LogP contribution in [0.1, 0.15) is 58.8 Å². The van der Waals surface area contributed by atoms with E-state index >= 15 is 0 Å². The van der Waals surface area contributed by atoms with Gasteiger partial charge in [-0.25, -0.2) is 0 Å². The van der Waals surface area contributed by atoms with Crippen molar-refractivity contribution < 1.29 is 4.74 Å². The Morgan fingerprint density at radius 2 is 2.12 bits per heavy atom. The van der Waals surface area contributed by atoms with Crippen molar-refractivity contribution in [2.75, 3.05) is 13.6 Å². The first-order valence-corrected chi connectivity index (χ1v) is 7.10. The van der Waals surface area contributed by atoms with Crippen LogP contribution >= 0.6 is 0 Å². The molecule has 0 radical (unpaired) electrons. The van der Waals surface area contributed by atoms with Gasteiger partial charge in [-0.15, -0.1) is 0 Å². The maximum absolute atomic E-state index is 6.24. The molecule has 3 unspecified atom stereocenters. The number of likely N-dealkylation sites (N-methyl/N-ethyl adjacent to an activating group) is 1. The van der Waals surface area contributed by atoms with Crippen LogP contribution < -0.4 is 5.32 Å². The number of rotatable bonds is 7. The summed E-state index contributed by atoms with van der Waals surface area (Å²) in [6.07, 6.45) is 10.0. The molecule has 3 atom stereocenters. The molecule has 0 aromatic rings. The smallest absolute Gasteiger partial charge is 0.0703 e. The second-order valence-corrected chi connectivity index (χ2v) is 5.17. The summed E-state index contributed by atoms with van der Waals surface area (Å²) in [7, 11) is 2.02. The van der Waals surface area contributed by atoms with Crippen molar-refractivity contribution in [3.63, 3.8) is 0 Å². The second-order valence-electron chi connectivity index (χ2n) is 5.17. The molecule has 0 spiro atoms. The van der Waals surface area contributed by atoms with Gasteiger partial charge in [-0.3, -0.25) is 0 Å². The van der Waals surface area contributed by atoms with E-state index in [0.29, 0.717) is 12.2 Å². The lowest BCUT2D eigenvalue weighted by Gasteiger charge is -2.31. The summed E-state index contributed by atoms with van der Waals surface area (Å²) in [6.45, 7) is 5.55. The molecule has 0 aromatic carbocycles. The van der Waals surface area contributed by atoms with Gasteiger partial charge in [0.2, 0.25) is 0 Å². The van der Waals surface area contributed by atoms with E-state index < -0.39 is 0 Å². The summed E-state index contributed by atoms with van der Waals surface area (Å²) in [4.78, 5) is 0. The van der Waals surface area contributed by atoms with E-state index in [1.165, 1.54) is 44.9 Å². The summed E-state index contributed by atoms with van der Waals surface area (Å²) < 4.78 is 6.24. The zero-order chi connectivity index (χ0) is 11.8. The highest BCUT2D eigenvalue weighted by molar-refractivity contribution is 4.74. The molecule has 0 amide bonds. The first-order chi connectivity index (χ1) is 7.80. The van der Waals surface area contributed by atoms with Gasteiger partial charge in [-0.1, -0.05) is 39.5 Å². The fourth-order valence-electron chi connectivity index (χ4n) is 2.78. The molecule has 0 aliphatic heterocycles. The minimum Gasteiger partial charge on any atom is -0.374 e. The molecule has 0 aromatic heterocycles. The minimum absolute atomic E-state index is 0.426. The molecule has 2 heteroatoms. The van der Waals surface area contributed by atoms with Gasteiger partial charge < -0.3 is 10.1 Å². The van der Waals surface area contributed by atoms with E-state index in [-0.39, 0.29) is 0 Å². The lowest BCUT2D eigenvalue weighted by molar-refractivity contribution is -0.0424. The molecule has 0 heterocycles. The van der Waals surface area contributed by atoms with Gasteiger partial charge in [0.1, 0.15) is 0 Å². The van der Waals surface area contributed by atoms with Crippen LogP contribution in [0.5, 0.6) is 0 Å². The highest BCUT2D eigenvalue weighted by Gasteiger charge is 2.23. The first kappa shape index (κ1) is 14.0. The molecular weight excluding hydrogens is 198 g/mol. The van der Waals surface area contributed by atoms with E-state index in [1.807, 2.05) is 7.05 Å². The molecule has 1 aliphatic carbocycles. The first-order valence-electron chi connectivity index (χ1n) is 7.10. The van der Waals surface area contributed by atoms with E-state index in [9.17, 15) is 0 Å². The molecule has 16 heavy (non-hydrogen) atoms. The third kappa shape index (κ3) is 4.84. The topological polar surface area (TPSA) is 21.3 Å². The van der Waals surface area contributed by atoms with Gasteiger partial charge in [-0.2, -0.15) is 0 Å². The Balaban J connectivity index is 2.31. The zero-order valence-electron chi connectivity index (χ0n) is 11.3. The predicted octanol–water partition coefficient (Wildman–Crippen LogP) is 3.36. The molecule has 1 rings (SSSR count). The van der Waals surface area contributed by atoms with Gasteiger partial charge in [0.05, 0.1) is 12.2 Å². The summed E-state index contributed by atoms with van der Waals surface area (Å²) >= 11 is 0. The SMILES string of the molecule is CCCC(CNC)OC1CCCC(CC)C1. The summed E-state index contributed by atoms with van der Waals surface area (Å²) in [5, 5.41) is 3.24. The lowest BCUT2D eigenvalue weighted by Crippen LogP contribution is -2.33. The van der Waals surface area contributed by atoms with Crippen LogP contribution in [0.2, 0.25) is 0 Å². The lowest BCUT2D eigenvalue weighted by atomic mass is 9.85. The minimum atomic E-state index is 0.426. The van der Waals surface area contributed by atoms with Gasteiger partial charge in [-0.05, 0) is 32.2 Å². The van der Waals surface area contributed by atoms with Crippen molar-refractivity contribution in [1.82, 2.24) is 5.32 Å². The zero-order valence-corrected chi connectivity index (χ0v) is 11.3. The van der Waals surface area contributed by atoms with Gasteiger partial charge >= 0.3 is 0 Å². The second kappa shape index (κ2) is 8.08. The van der Waals surface area contributed by atoms with Crippen LogP contribution in [0.4, 0.5) is 0 Å². The molecule has 1 aliphatic rings. The van der Waals surface area contributed by atoms with Crippen molar-refractivity contribution >= 4 is 0 Å². The van der Waals surface area contributed by atoms with Gasteiger partial charge in [0, 0.05) is 6.54 Å². The van der Waals surface area contributed by atoms with E-state index in [2.05, 4.69) is 19.2 Å². The van der Waals surface area contributed by atoms with Crippen molar-refractivity contribution in [3.8, 4) is 0 Å². The summed E-state index contributed by atoms with van der Waals surface area (Å²) in [5.41, 5.74) is 0. The Hall–Kier alpha value is -0.0800. The normalized spacial score (nSPS) is 27.9. The number of nitrogens with one attached hydrogen (secondary N) is 1. The van der Waals surface area contributed by atoms with Crippen LogP contribution in [0.15, 0.2) is 0 Å². The van der Waals surface area contributed by atoms with Crippen molar-refractivity contribution in [1.29, 1.82) is 0 Å². The fraction of sp³-hybridized carbons (Fsp3) is 1.00. The predicted molar refractivity (Wildman–Crippen MR) is 69.7 cm³/mol. The van der Waals surface area contributed by atoms with Gasteiger partial charge in [0.15, 0.2) is 0 Å². The molecule has 1 fully saturated rings. The summed E-state index contributed by atoms with van der Waals surface area (Å²) in [6, 6.07) is 0. The van der Waals surface area contributed by atoms with Crippen molar-refractivity contribution in [2.45, 2.75) is 71.0 Å². The highest BCUT2D eigenvalue weighted by atomic mass is 16.5. The number of ether oxygens (including phenoxy) is 1. The molecular formula is C14H29NO. The third-order valence-corrected chi connectivity index (χ3v) is 3.74. The molecule has 96 valence electrons. The number of hydrogen-bond donors (Lipinski definition) is 1. The molecule has 2 nitrogen and oxygen atoms in total. The standard InChI is InChI=1S/C14H29NO/c1-4-7-14(11-15-3)16-13-9-6-8-12(5-2)10-13/h12-15H,4-11H2,1-3H3. The van der Waals surface area contributed by atoms with Crippen molar-refractivity contribution in [3.05, 3.63) is 0 Å². The Morgan fingerprint density at radius 1 is 1.31 bits per heavy atom. The Labute approximate surface area is 101 Å². The molecule has 0 bridgehead atoms. The Bertz CT molecular complexity index is 166. The maximum atomic E-state index is 6.24. The van der Waals surface area contributed by atoms with Crippen LogP contribution in [0.3, 0.4) is 0 Å². The Kier molecular flexibility index (Phi) is 7.06. The molecule has 0 saturated heterocycles. The van der Waals surface area contributed by atoms with Gasteiger partial charge in [0.25, 0.3) is 0 Å². The van der Waals surface area contributed by atoms with E-state index in [4.69, 9.17) is 4.74 Å². The van der Waals surface area contributed by atoms with E-state index in [0.717, 1.165) is 12.5 Å². The van der Waals surface area contributed by atoms with E-state index in [1.54, 1.807) is 0 Å². The summed E-state index contributed by atoms with van der Waals surface area (Å²) in [5.74, 6) is 0.913. The largest absolute Gasteiger partial charge is 0.374 e. The highest BCUT2D eigenvalue weighted by Crippen LogP contribution is 2.29. The maximum Gasteiger partial charge on any atom is 0.0703 e.